The maximum Gasteiger partial charge on any atom is 0.254 e. The molecule has 6 heteroatoms. The van der Waals surface area contributed by atoms with Crippen molar-refractivity contribution in [3.8, 4) is 11.5 Å². The molecule has 98 valence electrons. The van der Waals surface area contributed by atoms with E-state index in [4.69, 9.17) is 4.74 Å². The third kappa shape index (κ3) is 2.55. The first-order valence-corrected chi connectivity index (χ1v) is 5.64. The fourth-order valence-corrected chi connectivity index (χ4v) is 1.96. The van der Waals surface area contributed by atoms with Gasteiger partial charge < -0.3 is 25.0 Å². The summed E-state index contributed by atoms with van der Waals surface area (Å²) in [6.07, 6.45) is 0. The summed E-state index contributed by atoms with van der Waals surface area (Å²) < 4.78 is 5.18. The molecule has 1 saturated heterocycles. The van der Waals surface area contributed by atoms with Gasteiger partial charge in [-0.2, -0.15) is 0 Å². The molecule has 0 saturated carbocycles. The van der Waals surface area contributed by atoms with Crippen LogP contribution in [0.25, 0.3) is 0 Å². The molecule has 18 heavy (non-hydrogen) atoms. The van der Waals surface area contributed by atoms with Gasteiger partial charge in [0, 0.05) is 18.2 Å². The number of amides is 1. The summed E-state index contributed by atoms with van der Waals surface area (Å²) >= 11 is 0. The predicted octanol–water partition coefficient (Wildman–Crippen LogP) is -0.0689. The zero-order valence-corrected chi connectivity index (χ0v) is 9.74. The Hall–Kier alpha value is -1.79. The Balaban J connectivity index is 2.23. The maximum absolute atomic E-state index is 12.2. The lowest BCUT2D eigenvalue weighted by Crippen LogP contribution is -2.50. The van der Waals surface area contributed by atoms with E-state index in [1.54, 1.807) is 0 Å². The van der Waals surface area contributed by atoms with Crippen molar-refractivity contribution in [2.45, 2.75) is 6.04 Å². The third-order valence-corrected chi connectivity index (χ3v) is 2.85. The molecule has 0 bridgehead atoms. The Morgan fingerprint density at radius 2 is 2.00 bits per heavy atom. The molecule has 1 unspecified atom stereocenters. The van der Waals surface area contributed by atoms with Crippen LogP contribution in [-0.2, 0) is 4.74 Å². The van der Waals surface area contributed by atoms with Crippen molar-refractivity contribution in [2.75, 3.05) is 26.4 Å². The molecule has 1 atom stereocenters. The predicted molar refractivity (Wildman–Crippen MR) is 62.5 cm³/mol. The maximum atomic E-state index is 12.2. The van der Waals surface area contributed by atoms with Crippen molar-refractivity contribution >= 4 is 5.91 Å². The molecular weight excluding hydrogens is 238 g/mol. The second kappa shape index (κ2) is 5.24. The molecule has 0 aliphatic carbocycles. The number of ether oxygens (including phenoxy) is 1. The van der Waals surface area contributed by atoms with Gasteiger partial charge >= 0.3 is 0 Å². The summed E-state index contributed by atoms with van der Waals surface area (Å²) in [5.41, 5.74) is 0.188. The van der Waals surface area contributed by atoms with E-state index in [0.29, 0.717) is 13.2 Å². The zero-order valence-electron chi connectivity index (χ0n) is 9.74. The van der Waals surface area contributed by atoms with Crippen molar-refractivity contribution in [1.82, 2.24) is 4.90 Å². The minimum atomic E-state index is -0.393. The highest BCUT2D eigenvalue weighted by atomic mass is 16.5. The summed E-state index contributed by atoms with van der Waals surface area (Å²) in [5.74, 6) is -0.692. The van der Waals surface area contributed by atoms with Crippen LogP contribution in [0, 0.1) is 0 Å². The number of phenols is 2. The van der Waals surface area contributed by atoms with E-state index >= 15 is 0 Å². The summed E-state index contributed by atoms with van der Waals surface area (Å²) in [5, 5.41) is 27.9. The second-order valence-corrected chi connectivity index (χ2v) is 4.15. The highest BCUT2D eigenvalue weighted by Crippen LogP contribution is 2.22. The monoisotopic (exact) mass is 253 g/mol. The van der Waals surface area contributed by atoms with Gasteiger partial charge in [0.2, 0.25) is 0 Å². The minimum Gasteiger partial charge on any atom is -0.508 e. The molecule has 1 aliphatic heterocycles. The molecule has 1 aromatic rings. The van der Waals surface area contributed by atoms with Crippen molar-refractivity contribution in [3.05, 3.63) is 23.8 Å². The van der Waals surface area contributed by atoms with E-state index in [-0.39, 0.29) is 36.2 Å². The minimum absolute atomic E-state index is 0.174. The smallest absolute Gasteiger partial charge is 0.254 e. The SMILES string of the molecule is O=C(c1cc(O)cc(O)c1)N1CCOCC1CO. The van der Waals surface area contributed by atoms with Crippen molar-refractivity contribution < 1.29 is 24.9 Å². The first kappa shape index (κ1) is 12.7. The normalized spacial score (nSPS) is 19.8. The Morgan fingerprint density at radius 3 is 2.61 bits per heavy atom. The van der Waals surface area contributed by atoms with E-state index < -0.39 is 6.04 Å². The van der Waals surface area contributed by atoms with Gasteiger partial charge in [-0.05, 0) is 12.1 Å². The first-order valence-electron chi connectivity index (χ1n) is 5.64. The van der Waals surface area contributed by atoms with Gasteiger partial charge in [0.25, 0.3) is 5.91 Å². The molecule has 1 heterocycles. The number of aliphatic hydroxyl groups is 1. The molecule has 0 spiro atoms. The van der Waals surface area contributed by atoms with Crippen LogP contribution in [-0.4, -0.2) is 58.5 Å². The molecule has 0 radical (unpaired) electrons. The van der Waals surface area contributed by atoms with Crippen LogP contribution in [0.2, 0.25) is 0 Å². The van der Waals surface area contributed by atoms with Gasteiger partial charge in [-0.1, -0.05) is 0 Å². The van der Waals surface area contributed by atoms with E-state index in [0.717, 1.165) is 6.07 Å². The summed E-state index contributed by atoms with van der Waals surface area (Å²) in [4.78, 5) is 13.7. The van der Waals surface area contributed by atoms with Crippen LogP contribution >= 0.6 is 0 Å². The van der Waals surface area contributed by atoms with Gasteiger partial charge in [0.15, 0.2) is 0 Å². The Bertz CT molecular complexity index is 428. The fourth-order valence-electron chi connectivity index (χ4n) is 1.96. The summed E-state index contributed by atoms with van der Waals surface area (Å²) in [6.45, 7) is 0.886. The van der Waals surface area contributed by atoms with E-state index in [1.165, 1.54) is 17.0 Å². The molecule has 1 amide bonds. The molecule has 1 aliphatic rings. The molecule has 0 aromatic heterocycles. The van der Waals surface area contributed by atoms with Crippen LogP contribution in [0.3, 0.4) is 0 Å². The van der Waals surface area contributed by atoms with Crippen LogP contribution in [0.15, 0.2) is 18.2 Å². The Labute approximate surface area is 104 Å². The number of hydrogen-bond acceptors (Lipinski definition) is 5. The van der Waals surface area contributed by atoms with Gasteiger partial charge in [0.05, 0.1) is 25.9 Å². The molecular formula is C12H15NO5. The lowest BCUT2D eigenvalue weighted by molar-refractivity contribution is -0.0184. The molecule has 6 nitrogen and oxygen atoms in total. The van der Waals surface area contributed by atoms with E-state index in [9.17, 15) is 20.1 Å². The number of hydrogen-bond donors (Lipinski definition) is 3. The van der Waals surface area contributed by atoms with Crippen LogP contribution in [0.1, 0.15) is 10.4 Å². The quantitative estimate of drug-likeness (QED) is 0.686. The Kier molecular flexibility index (Phi) is 3.69. The summed E-state index contributed by atoms with van der Waals surface area (Å²) in [6, 6.07) is 3.33. The number of benzene rings is 1. The van der Waals surface area contributed by atoms with Crippen LogP contribution in [0.4, 0.5) is 0 Å². The number of aromatic hydroxyl groups is 2. The van der Waals surface area contributed by atoms with Crippen molar-refractivity contribution in [2.24, 2.45) is 0 Å². The lowest BCUT2D eigenvalue weighted by atomic mass is 10.1. The number of aliphatic hydroxyl groups excluding tert-OH is 1. The highest BCUT2D eigenvalue weighted by Gasteiger charge is 2.27. The number of carbonyl (C=O) groups excluding carboxylic acids is 1. The van der Waals surface area contributed by atoms with Crippen molar-refractivity contribution in [3.63, 3.8) is 0 Å². The zero-order chi connectivity index (χ0) is 13.1. The number of morpholine rings is 1. The summed E-state index contributed by atoms with van der Waals surface area (Å²) in [7, 11) is 0. The standard InChI is InChI=1S/C12H15NO5/c14-6-9-7-18-2-1-13(9)12(17)8-3-10(15)5-11(16)4-8/h3-5,9,14-16H,1-2,6-7H2. The van der Waals surface area contributed by atoms with Gasteiger partial charge in [-0.15, -0.1) is 0 Å². The lowest BCUT2D eigenvalue weighted by Gasteiger charge is -2.34. The average molecular weight is 253 g/mol. The average Bonchev–Trinajstić information content (AvgIpc) is 2.36. The van der Waals surface area contributed by atoms with E-state index in [2.05, 4.69) is 0 Å². The molecule has 1 aromatic carbocycles. The molecule has 2 rings (SSSR count). The molecule has 3 N–H and O–H groups in total. The van der Waals surface area contributed by atoms with Gasteiger partial charge in [-0.3, -0.25) is 4.79 Å². The molecule has 1 fully saturated rings. The first-order chi connectivity index (χ1) is 8.61. The van der Waals surface area contributed by atoms with E-state index in [1.807, 2.05) is 0 Å². The van der Waals surface area contributed by atoms with Crippen molar-refractivity contribution in [1.29, 1.82) is 0 Å². The Morgan fingerprint density at radius 1 is 1.33 bits per heavy atom. The number of phenolic OH excluding ortho intramolecular Hbond substituents is 2. The van der Waals surface area contributed by atoms with Crippen LogP contribution in [0.5, 0.6) is 11.5 Å². The number of carbonyl (C=O) groups is 1. The number of rotatable bonds is 2. The topological polar surface area (TPSA) is 90.2 Å². The second-order valence-electron chi connectivity index (χ2n) is 4.15. The van der Waals surface area contributed by atoms with Gasteiger partial charge in [-0.25, -0.2) is 0 Å². The van der Waals surface area contributed by atoms with Gasteiger partial charge in [0.1, 0.15) is 11.5 Å². The third-order valence-electron chi connectivity index (χ3n) is 2.85. The highest BCUT2D eigenvalue weighted by molar-refractivity contribution is 5.95. The fraction of sp³-hybridized carbons (Fsp3) is 0.417. The number of nitrogens with zero attached hydrogens (tertiary/aromatic N) is 1. The largest absolute Gasteiger partial charge is 0.508 e. The van der Waals surface area contributed by atoms with Crippen LogP contribution < -0.4 is 0 Å².